The van der Waals surface area contributed by atoms with Crippen LogP contribution in [0.5, 0.6) is 0 Å². The van der Waals surface area contributed by atoms with Gasteiger partial charge in [-0.25, -0.2) is 9.36 Å². The maximum absolute atomic E-state index is 12.4. The topological polar surface area (TPSA) is 108 Å². The highest BCUT2D eigenvalue weighted by molar-refractivity contribution is 7.08. The van der Waals surface area contributed by atoms with Crippen molar-refractivity contribution >= 4 is 17.4 Å². The van der Waals surface area contributed by atoms with Crippen LogP contribution < -0.4 is 10.9 Å². The number of nitrogens with zero attached hydrogens (tertiary/aromatic N) is 6. The fourth-order valence-corrected chi connectivity index (χ4v) is 4.37. The normalized spacial score (nSPS) is 19.3. The predicted molar refractivity (Wildman–Crippen MR) is 108 cm³/mol. The molecule has 1 fully saturated rings. The van der Waals surface area contributed by atoms with Crippen molar-refractivity contribution in [2.45, 2.75) is 58.5 Å². The second-order valence-electron chi connectivity index (χ2n) is 7.48. The van der Waals surface area contributed by atoms with Gasteiger partial charge in [-0.05, 0) is 70.1 Å². The minimum absolute atomic E-state index is 0.0133. The summed E-state index contributed by atoms with van der Waals surface area (Å²) in [6, 6.07) is 5.32. The van der Waals surface area contributed by atoms with Crippen molar-refractivity contribution in [3.05, 3.63) is 50.5 Å². The minimum atomic E-state index is -0.122. The van der Waals surface area contributed by atoms with Gasteiger partial charge in [-0.15, -0.1) is 10.2 Å². The van der Waals surface area contributed by atoms with Crippen LogP contribution in [0.15, 0.2) is 23.0 Å². The molecular weight excluding hydrogens is 390 g/mol. The molecule has 0 aliphatic heterocycles. The van der Waals surface area contributed by atoms with Crippen molar-refractivity contribution < 1.29 is 4.79 Å². The zero-order chi connectivity index (χ0) is 20.5. The van der Waals surface area contributed by atoms with E-state index in [4.69, 9.17) is 0 Å². The van der Waals surface area contributed by atoms with Crippen LogP contribution in [0.3, 0.4) is 0 Å². The second-order valence-corrected chi connectivity index (χ2v) is 8.23. The summed E-state index contributed by atoms with van der Waals surface area (Å²) < 4.78 is 7.14. The number of hydrogen-bond donors (Lipinski definition) is 1. The Morgan fingerprint density at radius 1 is 1.14 bits per heavy atom. The summed E-state index contributed by atoms with van der Waals surface area (Å²) in [7, 11) is 0. The predicted octanol–water partition coefficient (Wildman–Crippen LogP) is 2.12. The number of nitrogens with one attached hydrogen (secondary N) is 1. The Labute approximate surface area is 171 Å². The molecule has 152 valence electrons. The van der Waals surface area contributed by atoms with Crippen LogP contribution in [0.25, 0.3) is 5.82 Å². The van der Waals surface area contributed by atoms with E-state index in [0.717, 1.165) is 48.6 Å². The third-order valence-corrected chi connectivity index (χ3v) is 6.10. The molecule has 0 spiro atoms. The third-order valence-electron chi connectivity index (χ3n) is 5.27. The number of carbonyl (C=O) groups excluding carboxylic acids is 1. The molecule has 3 aromatic rings. The van der Waals surface area contributed by atoms with Crippen LogP contribution in [0, 0.1) is 20.8 Å². The van der Waals surface area contributed by atoms with Crippen molar-refractivity contribution in [2.75, 3.05) is 0 Å². The lowest BCUT2D eigenvalue weighted by atomic mass is 9.91. The average molecular weight is 414 g/mol. The lowest BCUT2D eigenvalue weighted by molar-refractivity contribution is 0.0924. The summed E-state index contributed by atoms with van der Waals surface area (Å²) in [4.78, 5) is 25.4. The summed E-state index contributed by atoms with van der Waals surface area (Å²) in [6.45, 7) is 5.67. The van der Waals surface area contributed by atoms with Crippen LogP contribution in [0.1, 0.15) is 58.5 Å². The zero-order valence-corrected chi connectivity index (χ0v) is 17.4. The second kappa shape index (κ2) is 7.86. The van der Waals surface area contributed by atoms with Gasteiger partial charge in [0.25, 0.3) is 11.5 Å². The zero-order valence-electron chi connectivity index (χ0n) is 16.6. The summed E-state index contributed by atoms with van der Waals surface area (Å²) in [6.07, 6.45) is 3.14. The fraction of sp³-hybridized carbons (Fsp3) is 0.474. The highest BCUT2D eigenvalue weighted by atomic mass is 32.1. The molecular formula is C19H23N7O2S. The molecule has 0 atom stereocenters. The van der Waals surface area contributed by atoms with Crippen LogP contribution in [-0.4, -0.2) is 41.1 Å². The van der Waals surface area contributed by atoms with Gasteiger partial charge >= 0.3 is 0 Å². The highest BCUT2D eigenvalue weighted by Gasteiger charge is 2.26. The lowest BCUT2D eigenvalue weighted by Gasteiger charge is -2.29. The van der Waals surface area contributed by atoms with Gasteiger partial charge < -0.3 is 5.32 Å². The monoisotopic (exact) mass is 413 g/mol. The summed E-state index contributed by atoms with van der Waals surface area (Å²) >= 11 is 1.11. The SMILES string of the molecule is Cc1cc(C)n(-c2ccc(=O)n(C3CCC(NC(=O)c4snnc4C)CC3)n2)n1. The van der Waals surface area contributed by atoms with Crippen LogP contribution >= 0.6 is 11.5 Å². The Bertz CT molecular complexity index is 1090. The van der Waals surface area contributed by atoms with E-state index in [9.17, 15) is 9.59 Å². The van der Waals surface area contributed by atoms with E-state index >= 15 is 0 Å². The first-order valence-corrected chi connectivity index (χ1v) is 10.4. The quantitative estimate of drug-likeness (QED) is 0.702. The molecule has 9 nitrogen and oxygen atoms in total. The molecule has 3 aromatic heterocycles. The Morgan fingerprint density at radius 3 is 2.52 bits per heavy atom. The smallest absolute Gasteiger partial charge is 0.267 e. The molecule has 3 heterocycles. The van der Waals surface area contributed by atoms with E-state index in [-0.39, 0.29) is 23.6 Å². The van der Waals surface area contributed by atoms with Gasteiger partial charge in [0.2, 0.25) is 0 Å². The molecule has 0 radical (unpaired) electrons. The minimum Gasteiger partial charge on any atom is -0.348 e. The van der Waals surface area contributed by atoms with Crippen LogP contribution in [-0.2, 0) is 0 Å². The molecule has 0 bridgehead atoms. The van der Waals surface area contributed by atoms with Gasteiger partial charge in [-0.3, -0.25) is 9.59 Å². The van der Waals surface area contributed by atoms with Gasteiger partial charge in [-0.1, -0.05) is 4.49 Å². The maximum Gasteiger partial charge on any atom is 0.267 e. The Balaban J connectivity index is 1.45. The largest absolute Gasteiger partial charge is 0.348 e. The summed E-state index contributed by atoms with van der Waals surface area (Å²) in [5.41, 5.74) is 2.41. The summed E-state index contributed by atoms with van der Waals surface area (Å²) in [5, 5.41) is 16.0. The van der Waals surface area contributed by atoms with Gasteiger partial charge in [-0.2, -0.15) is 5.10 Å². The Morgan fingerprint density at radius 2 is 1.90 bits per heavy atom. The molecule has 0 unspecified atom stereocenters. The van der Waals surface area contributed by atoms with Gasteiger partial charge in [0.1, 0.15) is 4.88 Å². The van der Waals surface area contributed by atoms with Crippen molar-refractivity contribution in [3.8, 4) is 5.82 Å². The molecule has 1 N–H and O–H groups in total. The molecule has 1 saturated carbocycles. The Kier molecular flexibility index (Phi) is 5.27. The van der Waals surface area contributed by atoms with Crippen LogP contribution in [0.4, 0.5) is 0 Å². The number of amides is 1. The molecule has 4 rings (SSSR count). The van der Waals surface area contributed by atoms with Crippen LogP contribution in [0.2, 0.25) is 0 Å². The molecule has 0 saturated heterocycles. The summed E-state index contributed by atoms with van der Waals surface area (Å²) in [5.74, 6) is 0.515. The molecule has 1 amide bonds. The number of hydrogen-bond acceptors (Lipinski definition) is 7. The number of rotatable bonds is 4. The van der Waals surface area contributed by atoms with E-state index in [1.165, 1.54) is 0 Å². The molecule has 29 heavy (non-hydrogen) atoms. The first kappa shape index (κ1) is 19.4. The van der Waals surface area contributed by atoms with Crippen molar-refractivity contribution in [3.63, 3.8) is 0 Å². The van der Waals surface area contributed by atoms with E-state index in [1.807, 2.05) is 19.9 Å². The number of aromatic nitrogens is 6. The van der Waals surface area contributed by atoms with Crippen molar-refractivity contribution in [1.29, 1.82) is 0 Å². The third kappa shape index (κ3) is 3.98. The van der Waals surface area contributed by atoms with Gasteiger partial charge in [0, 0.05) is 17.8 Å². The average Bonchev–Trinajstić information content (AvgIpc) is 3.27. The lowest BCUT2D eigenvalue weighted by Crippen LogP contribution is -2.39. The van der Waals surface area contributed by atoms with Crippen molar-refractivity contribution in [2.24, 2.45) is 0 Å². The molecule has 10 heteroatoms. The van der Waals surface area contributed by atoms with Crippen molar-refractivity contribution in [1.82, 2.24) is 34.5 Å². The first-order chi connectivity index (χ1) is 13.9. The van der Waals surface area contributed by atoms with E-state index in [1.54, 1.807) is 28.4 Å². The van der Waals surface area contributed by atoms with Gasteiger partial charge in [0.15, 0.2) is 5.82 Å². The first-order valence-electron chi connectivity index (χ1n) is 9.65. The number of carbonyl (C=O) groups is 1. The molecule has 0 aromatic carbocycles. The standard InChI is InChI=1S/C19H23N7O2S/c1-11-10-12(2)25(22-11)16-8-9-17(27)26(23-16)15-6-4-14(5-7-15)20-19(28)18-13(3)21-24-29-18/h8-10,14-15H,4-7H2,1-3H3,(H,20,28). The molecule has 1 aliphatic rings. The maximum atomic E-state index is 12.4. The van der Waals surface area contributed by atoms with E-state index in [0.29, 0.717) is 16.4 Å². The van der Waals surface area contributed by atoms with E-state index < -0.39 is 0 Å². The Hall–Kier alpha value is -2.88. The fourth-order valence-electron chi connectivity index (χ4n) is 3.81. The molecule has 1 aliphatic carbocycles. The number of aryl methyl sites for hydroxylation is 3. The van der Waals surface area contributed by atoms with E-state index in [2.05, 4.69) is 25.1 Å². The van der Waals surface area contributed by atoms with Gasteiger partial charge in [0.05, 0.1) is 17.4 Å². The highest BCUT2D eigenvalue weighted by Crippen LogP contribution is 2.27.